The van der Waals surface area contributed by atoms with Crippen LogP contribution in [0.4, 0.5) is 0 Å². The Labute approximate surface area is 175 Å². The quantitative estimate of drug-likeness (QED) is 0.508. The third kappa shape index (κ3) is 3.98. The number of nitrogens with zero attached hydrogens (tertiary/aromatic N) is 2. The van der Waals surface area contributed by atoms with Crippen LogP contribution in [0, 0.1) is 0 Å². The van der Waals surface area contributed by atoms with Crippen molar-refractivity contribution in [2.45, 2.75) is 13.1 Å². The number of ether oxygens (including phenoxy) is 2. The van der Waals surface area contributed by atoms with Gasteiger partial charge in [-0.25, -0.2) is 0 Å². The van der Waals surface area contributed by atoms with Crippen LogP contribution in [0.2, 0.25) is 0 Å². The Hall–Kier alpha value is -3.80. The number of para-hydroxylation sites is 1. The van der Waals surface area contributed by atoms with Crippen LogP contribution in [0.15, 0.2) is 72.8 Å². The lowest BCUT2D eigenvalue weighted by atomic mass is 10.1. The number of carbonyl (C=O) groups is 1. The summed E-state index contributed by atoms with van der Waals surface area (Å²) in [5.41, 5.74) is 3.54. The fourth-order valence-corrected chi connectivity index (χ4v) is 3.45. The molecule has 1 N–H and O–H groups in total. The monoisotopic (exact) mass is 401 g/mol. The molecular weight excluding hydrogens is 378 g/mol. The summed E-state index contributed by atoms with van der Waals surface area (Å²) in [7, 11) is 3.11. The number of benzene rings is 3. The summed E-state index contributed by atoms with van der Waals surface area (Å²) in [6, 6.07) is 23.3. The summed E-state index contributed by atoms with van der Waals surface area (Å²) >= 11 is 0. The van der Waals surface area contributed by atoms with Crippen LogP contribution >= 0.6 is 0 Å². The van der Waals surface area contributed by atoms with Crippen LogP contribution in [-0.2, 0) is 13.1 Å². The molecule has 1 heterocycles. The van der Waals surface area contributed by atoms with Gasteiger partial charge in [0.1, 0.15) is 0 Å². The second-order valence-corrected chi connectivity index (χ2v) is 6.86. The maximum absolute atomic E-state index is 12.7. The van der Waals surface area contributed by atoms with Gasteiger partial charge in [-0.15, -0.1) is 0 Å². The van der Waals surface area contributed by atoms with E-state index in [1.165, 1.54) is 5.56 Å². The van der Waals surface area contributed by atoms with Crippen molar-refractivity contribution in [1.82, 2.24) is 15.1 Å². The minimum atomic E-state index is -0.197. The minimum absolute atomic E-state index is 0.197. The van der Waals surface area contributed by atoms with Crippen molar-refractivity contribution in [3.8, 4) is 11.5 Å². The molecule has 30 heavy (non-hydrogen) atoms. The third-order valence-corrected chi connectivity index (χ3v) is 4.97. The van der Waals surface area contributed by atoms with Crippen molar-refractivity contribution in [3.05, 3.63) is 89.6 Å². The lowest BCUT2D eigenvalue weighted by Crippen LogP contribution is -2.23. The molecule has 0 saturated carbocycles. The number of rotatable bonds is 7. The highest BCUT2D eigenvalue weighted by Gasteiger charge is 2.14. The molecule has 0 fully saturated rings. The largest absolute Gasteiger partial charge is 0.493 e. The Balaban J connectivity index is 1.55. The van der Waals surface area contributed by atoms with E-state index < -0.39 is 0 Å². The zero-order chi connectivity index (χ0) is 20.9. The van der Waals surface area contributed by atoms with Gasteiger partial charge in [-0.05, 0) is 29.8 Å². The first-order valence-electron chi connectivity index (χ1n) is 9.68. The van der Waals surface area contributed by atoms with Gasteiger partial charge in [0.15, 0.2) is 11.5 Å². The highest BCUT2D eigenvalue weighted by molar-refractivity contribution is 5.95. The first kappa shape index (κ1) is 19.5. The van der Waals surface area contributed by atoms with Gasteiger partial charge >= 0.3 is 0 Å². The maximum Gasteiger partial charge on any atom is 0.251 e. The number of carbonyl (C=O) groups excluding carboxylic acids is 1. The summed E-state index contributed by atoms with van der Waals surface area (Å²) < 4.78 is 12.5. The number of amides is 1. The Morgan fingerprint density at radius 2 is 1.67 bits per heavy atom. The van der Waals surface area contributed by atoms with Gasteiger partial charge in [-0.1, -0.05) is 48.5 Å². The maximum atomic E-state index is 12.7. The van der Waals surface area contributed by atoms with E-state index in [1.807, 2.05) is 47.1 Å². The van der Waals surface area contributed by atoms with Gasteiger partial charge in [0.05, 0.1) is 38.5 Å². The van der Waals surface area contributed by atoms with Crippen LogP contribution in [0.25, 0.3) is 10.9 Å². The first-order valence-corrected chi connectivity index (χ1v) is 9.68. The predicted octanol–water partition coefficient (Wildman–Crippen LogP) is 4.03. The van der Waals surface area contributed by atoms with Crippen LogP contribution in [0.5, 0.6) is 11.5 Å². The summed E-state index contributed by atoms with van der Waals surface area (Å²) in [5.74, 6) is 0.903. The van der Waals surface area contributed by atoms with Crippen molar-refractivity contribution >= 4 is 16.8 Å². The topological polar surface area (TPSA) is 65.4 Å². The fraction of sp³-hybridized carbons (Fsp3) is 0.167. The predicted molar refractivity (Wildman–Crippen MR) is 116 cm³/mol. The number of methoxy groups -OCH3 is 2. The molecule has 152 valence electrons. The molecule has 4 aromatic rings. The molecule has 1 aromatic heterocycles. The van der Waals surface area contributed by atoms with Crippen LogP contribution in [0.1, 0.15) is 21.6 Å². The molecule has 6 nitrogen and oxygen atoms in total. The Morgan fingerprint density at radius 3 is 2.43 bits per heavy atom. The number of hydrogen-bond donors (Lipinski definition) is 1. The summed E-state index contributed by atoms with van der Waals surface area (Å²) in [4.78, 5) is 12.7. The number of fused-ring (bicyclic) bond motifs is 1. The zero-order valence-corrected chi connectivity index (χ0v) is 17.0. The first-order chi connectivity index (χ1) is 14.7. The van der Waals surface area contributed by atoms with Gasteiger partial charge in [-0.3, -0.25) is 9.48 Å². The molecule has 1 amide bonds. The molecule has 6 heteroatoms. The molecule has 0 aliphatic rings. The normalized spacial score (nSPS) is 10.7. The van der Waals surface area contributed by atoms with Crippen LogP contribution in [0.3, 0.4) is 0 Å². The molecule has 0 aliphatic heterocycles. The Bertz CT molecular complexity index is 1170. The fourth-order valence-electron chi connectivity index (χ4n) is 3.45. The molecule has 0 spiro atoms. The van der Waals surface area contributed by atoms with Crippen LogP contribution in [-0.4, -0.2) is 29.9 Å². The molecule has 0 unspecified atom stereocenters. The second-order valence-electron chi connectivity index (χ2n) is 6.86. The highest BCUT2D eigenvalue weighted by atomic mass is 16.5. The van der Waals surface area contributed by atoms with E-state index in [0.717, 1.165) is 16.6 Å². The number of hydrogen-bond acceptors (Lipinski definition) is 4. The SMILES string of the molecule is COc1ccc(C(=O)NCc2nn(Cc3ccccc3)c3ccccc23)cc1OC. The average Bonchev–Trinajstić information content (AvgIpc) is 3.15. The lowest BCUT2D eigenvalue weighted by Gasteiger charge is -2.09. The van der Waals surface area contributed by atoms with Crippen molar-refractivity contribution in [1.29, 1.82) is 0 Å². The molecule has 0 atom stereocenters. The van der Waals surface area contributed by atoms with Crippen molar-refractivity contribution in [3.63, 3.8) is 0 Å². The van der Waals surface area contributed by atoms with Gasteiger partial charge in [0.25, 0.3) is 5.91 Å². The van der Waals surface area contributed by atoms with E-state index in [0.29, 0.717) is 30.2 Å². The molecule has 0 saturated heterocycles. The zero-order valence-electron chi connectivity index (χ0n) is 17.0. The Morgan fingerprint density at radius 1 is 0.933 bits per heavy atom. The number of aromatic nitrogens is 2. The van der Waals surface area contributed by atoms with E-state index in [9.17, 15) is 4.79 Å². The summed E-state index contributed by atoms with van der Waals surface area (Å²) in [6.45, 7) is 1.00. The lowest BCUT2D eigenvalue weighted by molar-refractivity contribution is 0.0950. The summed E-state index contributed by atoms with van der Waals surface area (Å²) in [5, 5.41) is 8.76. The molecule has 3 aromatic carbocycles. The minimum Gasteiger partial charge on any atom is -0.493 e. The molecule has 0 bridgehead atoms. The van der Waals surface area contributed by atoms with E-state index in [1.54, 1.807) is 32.4 Å². The smallest absolute Gasteiger partial charge is 0.251 e. The highest BCUT2D eigenvalue weighted by Crippen LogP contribution is 2.27. The molecule has 0 aliphatic carbocycles. The van der Waals surface area contributed by atoms with Gasteiger partial charge in [-0.2, -0.15) is 5.10 Å². The van der Waals surface area contributed by atoms with E-state index in [-0.39, 0.29) is 5.91 Å². The number of nitrogens with one attached hydrogen (secondary N) is 1. The van der Waals surface area contributed by atoms with Gasteiger partial charge in [0.2, 0.25) is 0 Å². The van der Waals surface area contributed by atoms with Crippen molar-refractivity contribution in [2.24, 2.45) is 0 Å². The second kappa shape index (κ2) is 8.69. The van der Waals surface area contributed by atoms with Crippen LogP contribution < -0.4 is 14.8 Å². The summed E-state index contributed by atoms with van der Waals surface area (Å²) in [6.07, 6.45) is 0. The molecule has 4 rings (SSSR count). The van der Waals surface area contributed by atoms with E-state index >= 15 is 0 Å². The average molecular weight is 401 g/mol. The van der Waals surface area contributed by atoms with Gasteiger partial charge < -0.3 is 14.8 Å². The van der Waals surface area contributed by atoms with Gasteiger partial charge in [0, 0.05) is 10.9 Å². The third-order valence-electron chi connectivity index (χ3n) is 4.97. The van der Waals surface area contributed by atoms with Crippen molar-refractivity contribution < 1.29 is 14.3 Å². The molecular formula is C24H23N3O3. The standard InChI is InChI=1S/C24H23N3O3/c1-29-22-13-12-18(14-23(22)30-2)24(28)25-15-20-19-10-6-7-11-21(19)27(26-20)16-17-8-4-3-5-9-17/h3-14H,15-16H2,1-2H3,(H,25,28). The van der Waals surface area contributed by atoms with E-state index in [4.69, 9.17) is 14.6 Å². The van der Waals surface area contributed by atoms with E-state index in [2.05, 4.69) is 17.4 Å². The van der Waals surface area contributed by atoms with Crippen molar-refractivity contribution in [2.75, 3.05) is 14.2 Å². The Kier molecular flexibility index (Phi) is 5.66. The molecule has 0 radical (unpaired) electrons.